The highest BCUT2D eigenvalue weighted by Gasteiger charge is 2.21. The molecule has 2 aromatic heterocycles. The highest BCUT2D eigenvalue weighted by Crippen LogP contribution is 2.37. The Bertz CT molecular complexity index is 1080. The van der Waals surface area contributed by atoms with Crippen molar-refractivity contribution in [1.82, 2.24) is 20.2 Å². The van der Waals surface area contributed by atoms with E-state index in [1.807, 2.05) is 31.2 Å². The van der Waals surface area contributed by atoms with Gasteiger partial charge in [0.1, 0.15) is 11.1 Å². The van der Waals surface area contributed by atoms with E-state index in [1.165, 1.54) is 23.1 Å². The lowest BCUT2D eigenvalue weighted by Gasteiger charge is -2.06. The molecule has 1 N–H and O–H groups in total. The minimum absolute atomic E-state index is 0.165. The number of aromatic nitrogens is 4. The van der Waals surface area contributed by atoms with Gasteiger partial charge in [-0.25, -0.2) is 0 Å². The lowest BCUT2D eigenvalue weighted by Crippen LogP contribution is -2.14. The first kappa shape index (κ1) is 19.6. The summed E-state index contributed by atoms with van der Waals surface area (Å²) in [5.41, 5.74) is 3.72. The van der Waals surface area contributed by atoms with E-state index in [0.29, 0.717) is 15.7 Å². The van der Waals surface area contributed by atoms with Crippen molar-refractivity contribution in [2.45, 2.75) is 44.2 Å². The van der Waals surface area contributed by atoms with Crippen LogP contribution in [0.5, 0.6) is 0 Å². The normalized spacial score (nSPS) is 13.4. The number of anilines is 1. The molecule has 2 heterocycles. The van der Waals surface area contributed by atoms with Crippen molar-refractivity contribution in [3.05, 3.63) is 45.8 Å². The third kappa shape index (κ3) is 4.33. The van der Waals surface area contributed by atoms with Crippen LogP contribution in [-0.2, 0) is 17.6 Å². The third-order valence-corrected chi connectivity index (χ3v) is 6.93. The topological polar surface area (TPSA) is 96.5 Å². The zero-order valence-electron chi connectivity index (χ0n) is 16.0. The summed E-state index contributed by atoms with van der Waals surface area (Å²) in [6, 6.07) is 10.1. The molecular formula is C20H20N6OS2. The van der Waals surface area contributed by atoms with Crippen molar-refractivity contribution in [2.75, 3.05) is 11.1 Å². The third-order valence-electron chi connectivity index (χ3n) is 4.81. The Labute approximate surface area is 177 Å². The first-order valence-electron chi connectivity index (χ1n) is 9.48. The average molecular weight is 425 g/mol. The number of amides is 1. The van der Waals surface area contributed by atoms with Crippen molar-refractivity contribution < 1.29 is 4.79 Å². The molecule has 0 fully saturated rings. The Morgan fingerprint density at radius 3 is 3.03 bits per heavy atom. The highest BCUT2D eigenvalue weighted by atomic mass is 32.2. The highest BCUT2D eigenvalue weighted by molar-refractivity contribution is 7.99. The van der Waals surface area contributed by atoms with E-state index in [0.717, 1.165) is 42.5 Å². The molecule has 7 nitrogen and oxygen atoms in total. The Balaban J connectivity index is 1.45. The number of hydrogen-bond acceptors (Lipinski definition) is 7. The van der Waals surface area contributed by atoms with Crippen molar-refractivity contribution in [2.24, 2.45) is 0 Å². The van der Waals surface area contributed by atoms with Crippen LogP contribution >= 0.6 is 23.1 Å². The summed E-state index contributed by atoms with van der Waals surface area (Å²) in [5, 5.41) is 25.6. The van der Waals surface area contributed by atoms with Crippen LogP contribution in [0.1, 0.15) is 40.8 Å². The number of nitrogens with zero attached hydrogens (tertiary/aromatic N) is 5. The Kier molecular flexibility index (Phi) is 5.92. The smallest absolute Gasteiger partial charge is 0.235 e. The second-order valence-corrected chi connectivity index (χ2v) is 8.98. The molecule has 3 aromatic rings. The van der Waals surface area contributed by atoms with Gasteiger partial charge in [-0.05, 0) is 66.3 Å². The quantitative estimate of drug-likeness (QED) is 0.493. The van der Waals surface area contributed by atoms with Crippen LogP contribution in [0, 0.1) is 18.3 Å². The number of carbonyl (C=O) groups excluding carboxylic acids is 1. The second-order valence-electron chi connectivity index (χ2n) is 6.93. The van der Waals surface area contributed by atoms with Crippen LogP contribution in [0.2, 0.25) is 0 Å². The van der Waals surface area contributed by atoms with Gasteiger partial charge >= 0.3 is 0 Å². The van der Waals surface area contributed by atoms with Crippen LogP contribution in [-0.4, -0.2) is 31.9 Å². The van der Waals surface area contributed by atoms with Crippen molar-refractivity contribution >= 4 is 34.0 Å². The molecule has 1 amide bonds. The van der Waals surface area contributed by atoms with E-state index >= 15 is 0 Å². The molecule has 0 radical (unpaired) electrons. The maximum absolute atomic E-state index is 12.5. The summed E-state index contributed by atoms with van der Waals surface area (Å²) in [4.78, 5) is 13.8. The standard InChI is InChI=1S/C20H20N6OS2/c1-13-6-5-7-14(10-13)26-20(23-24-25-26)28-12-18(27)22-19-16(11-21)15-8-3-2-4-9-17(15)29-19/h5-7,10H,2-4,8-9,12H2,1H3,(H,22,27). The lowest BCUT2D eigenvalue weighted by atomic mass is 10.1. The van der Waals surface area contributed by atoms with Gasteiger partial charge in [-0.1, -0.05) is 30.3 Å². The van der Waals surface area contributed by atoms with E-state index < -0.39 is 0 Å². The Morgan fingerprint density at radius 2 is 2.21 bits per heavy atom. The van der Waals surface area contributed by atoms with Crippen molar-refractivity contribution in [3.63, 3.8) is 0 Å². The average Bonchev–Trinajstić information content (AvgIpc) is 3.24. The predicted molar refractivity (Wildman–Crippen MR) is 114 cm³/mol. The maximum Gasteiger partial charge on any atom is 0.235 e. The molecule has 0 bridgehead atoms. The molecule has 0 saturated carbocycles. The van der Waals surface area contributed by atoms with E-state index in [2.05, 4.69) is 26.9 Å². The van der Waals surface area contributed by atoms with Crippen molar-refractivity contribution in [1.29, 1.82) is 5.26 Å². The summed E-state index contributed by atoms with van der Waals surface area (Å²) in [6.45, 7) is 2.00. The van der Waals surface area contributed by atoms with Crippen LogP contribution < -0.4 is 5.32 Å². The SMILES string of the molecule is Cc1cccc(-n2nnnc2SCC(=O)Nc2sc3c(c2C#N)CCCCC3)c1. The number of rotatable bonds is 5. The predicted octanol–water partition coefficient (Wildman–Crippen LogP) is 3.90. The molecule has 0 atom stereocenters. The molecular weight excluding hydrogens is 404 g/mol. The lowest BCUT2D eigenvalue weighted by molar-refractivity contribution is -0.113. The second kappa shape index (κ2) is 8.76. The monoisotopic (exact) mass is 424 g/mol. The van der Waals surface area contributed by atoms with Gasteiger partial charge in [-0.3, -0.25) is 4.79 Å². The number of fused-ring (bicyclic) bond motifs is 1. The fraction of sp³-hybridized carbons (Fsp3) is 0.350. The number of hydrogen-bond donors (Lipinski definition) is 1. The number of thiophene rings is 1. The molecule has 0 spiro atoms. The van der Waals surface area contributed by atoms with Gasteiger partial charge in [0.05, 0.1) is 17.0 Å². The fourth-order valence-electron chi connectivity index (χ4n) is 3.43. The summed E-state index contributed by atoms with van der Waals surface area (Å²) in [5.74, 6) is 0.00120. The number of nitrogens with one attached hydrogen (secondary N) is 1. The van der Waals surface area contributed by atoms with Crippen LogP contribution in [0.25, 0.3) is 5.69 Å². The molecule has 0 aliphatic heterocycles. The molecule has 29 heavy (non-hydrogen) atoms. The van der Waals surface area contributed by atoms with Crippen LogP contribution in [0.4, 0.5) is 5.00 Å². The zero-order chi connectivity index (χ0) is 20.2. The van der Waals surface area contributed by atoms with Gasteiger partial charge in [-0.15, -0.1) is 16.4 Å². The summed E-state index contributed by atoms with van der Waals surface area (Å²) >= 11 is 2.81. The minimum Gasteiger partial charge on any atom is -0.316 e. The summed E-state index contributed by atoms with van der Waals surface area (Å²) in [7, 11) is 0. The number of nitriles is 1. The Hall–Kier alpha value is -2.70. The molecule has 9 heteroatoms. The molecule has 148 valence electrons. The van der Waals surface area contributed by atoms with E-state index in [9.17, 15) is 10.1 Å². The Morgan fingerprint density at radius 1 is 1.34 bits per heavy atom. The first-order valence-corrected chi connectivity index (χ1v) is 11.3. The van der Waals surface area contributed by atoms with E-state index in [-0.39, 0.29) is 11.7 Å². The molecule has 0 saturated heterocycles. The molecule has 1 aliphatic carbocycles. The number of tetrazole rings is 1. The fourth-order valence-corrected chi connectivity index (χ4v) is 5.38. The number of benzene rings is 1. The van der Waals surface area contributed by atoms with E-state index in [4.69, 9.17) is 0 Å². The van der Waals surface area contributed by atoms with Gasteiger partial charge in [0.15, 0.2) is 0 Å². The van der Waals surface area contributed by atoms with Gasteiger partial charge in [0.25, 0.3) is 0 Å². The van der Waals surface area contributed by atoms with Gasteiger partial charge in [0, 0.05) is 4.88 Å². The first-order chi connectivity index (χ1) is 14.2. The number of carbonyl (C=O) groups is 1. The van der Waals surface area contributed by atoms with Gasteiger partial charge in [0.2, 0.25) is 11.1 Å². The van der Waals surface area contributed by atoms with Crippen LogP contribution in [0.3, 0.4) is 0 Å². The molecule has 1 aliphatic rings. The summed E-state index contributed by atoms with van der Waals surface area (Å²) in [6.07, 6.45) is 5.35. The molecule has 0 unspecified atom stereocenters. The summed E-state index contributed by atoms with van der Waals surface area (Å²) < 4.78 is 1.62. The van der Waals surface area contributed by atoms with Crippen molar-refractivity contribution in [3.8, 4) is 11.8 Å². The largest absolute Gasteiger partial charge is 0.316 e. The molecule has 1 aromatic carbocycles. The van der Waals surface area contributed by atoms with Gasteiger partial charge < -0.3 is 5.32 Å². The molecule has 4 rings (SSSR count). The maximum atomic E-state index is 12.5. The van der Waals surface area contributed by atoms with Gasteiger partial charge in [-0.2, -0.15) is 9.94 Å². The number of thioether (sulfide) groups is 1. The minimum atomic E-state index is -0.165. The zero-order valence-corrected chi connectivity index (χ0v) is 17.6. The number of aryl methyl sites for hydroxylation is 2. The van der Waals surface area contributed by atoms with Crippen LogP contribution in [0.15, 0.2) is 29.4 Å². The van der Waals surface area contributed by atoms with E-state index in [1.54, 1.807) is 16.0 Å².